The first-order valence-electron chi connectivity index (χ1n) is 5.98. The van der Waals surface area contributed by atoms with Crippen LogP contribution in [0, 0.1) is 4.77 Å². The fourth-order valence-electron chi connectivity index (χ4n) is 1.56. The van der Waals surface area contributed by atoms with Gasteiger partial charge < -0.3 is 9.84 Å². The van der Waals surface area contributed by atoms with E-state index in [1.165, 1.54) is 18.3 Å². The Morgan fingerprint density at radius 3 is 3.00 bits per heavy atom. The fraction of sp³-hybridized carbons (Fsp3) is 0.250. The molecule has 2 N–H and O–H groups in total. The average molecular weight is 314 g/mol. The van der Waals surface area contributed by atoms with E-state index in [2.05, 4.69) is 15.3 Å². The number of alkyl halides is 2. The molecule has 1 aromatic heterocycles. The minimum atomic E-state index is -2.80. The maximum Gasteiger partial charge on any atom is 0.299 e. The summed E-state index contributed by atoms with van der Waals surface area (Å²) in [6, 6.07) is 4.52. The van der Waals surface area contributed by atoms with Gasteiger partial charge in [-0.05, 0) is 42.9 Å². The predicted octanol–water partition coefficient (Wildman–Crippen LogP) is 2.86. The second kappa shape index (κ2) is 6.44. The standard InChI is InChI=1S/C12H12F2N4O2S/c1-2-20-9-5-7(3-4-8(9)19)6-15-18-11(10(13)14)16-17-12(18)21/h3-6,10,19H,2H2,1H3,(H,17,21)/b15-6-. The molecule has 6 nitrogen and oxygen atoms in total. The highest BCUT2D eigenvalue weighted by atomic mass is 32.1. The summed E-state index contributed by atoms with van der Waals surface area (Å²) >= 11 is 4.83. The highest BCUT2D eigenvalue weighted by Gasteiger charge is 2.15. The number of ether oxygens (including phenoxy) is 1. The molecule has 0 bridgehead atoms. The third-order valence-corrected chi connectivity index (χ3v) is 2.74. The molecule has 0 radical (unpaired) electrons. The van der Waals surface area contributed by atoms with Crippen molar-refractivity contribution in [1.82, 2.24) is 14.9 Å². The molecule has 0 saturated carbocycles. The van der Waals surface area contributed by atoms with Gasteiger partial charge in [-0.15, -0.1) is 0 Å². The van der Waals surface area contributed by atoms with Gasteiger partial charge >= 0.3 is 0 Å². The Bertz CT molecular complexity index is 712. The molecule has 0 atom stereocenters. The summed E-state index contributed by atoms with van der Waals surface area (Å²) in [5.74, 6) is -0.298. The maximum atomic E-state index is 12.7. The Morgan fingerprint density at radius 2 is 2.33 bits per heavy atom. The molecule has 0 aliphatic carbocycles. The van der Waals surface area contributed by atoms with E-state index in [0.29, 0.717) is 12.2 Å². The highest BCUT2D eigenvalue weighted by molar-refractivity contribution is 7.71. The Labute approximate surface area is 123 Å². The SMILES string of the molecule is CCOc1cc(/C=N\n2c(C(F)F)n[nH]c2=S)ccc1O. The number of aromatic hydroxyl groups is 1. The lowest BCUT2D eigenvalue weighted by atomic mass is 10.2. The van der Waals surface area contributed by atoms with Crippen molar-refractivity contribution in [2.45, 2.75) is 13.3 Å². The summed E-state index contributed by atoms with van der Waals surface area (Å²) in [6.45, 7) is 2.16. The van der Waals surface area contributed by atoms with E-state index in [4.69, 9.17) is 17.0 Å². The molecular formula is C12H12F2N4O2S. The van der Waals surface area contributed by atoms with Crippen LogP contribution in [0.25, 0.3) is 0 Å². The fourth-order valence-corrected chi connectivity index (χ4v) is 1.75. The minimum Gasteiger partial charge on any atom is -0.504 e. The zero-order valence-electron chi connectivity index (χ0n) is 11.0. The van der Waals surface area contributed by atoms with Crippen LogP contribution in [0.4, 0.5) is 8.78 Å². The number of phenolic OH excluding ortho intramolecular Hbond substituents is 1. The van der Waals surface area contributed by atoms with E-state index in [1.54, 1.807) is 13.0 Å². The number of rotatable bonds is 5. The number of hydrogen-bond acceptors (Lipinski definition) is 5. The Balaban J connectivity index is 2.32. The number of phenols is 1. The molecule has 0 saturated heterocycles. The van der Waals surface area contributed by atoms with Gasteiger partial charge in [0.25, 0.3) is 6.43 Å². The molecule has 112 valence electrons. The van der Waals surface area contributed by atoms with Crippen molar-refractivity contribution >= 4 is 18.4 Å². The molecule has 0 amide bonds. The second-order valence-electron chi connectivity index (χ2n) is 3.90. The largest absolute Gasteiger partial charge is 0.504 e. The van der Waals surface area contributed by atoms with Crippen LogP contribution >= 0.6 is 12.2 Å². The quantitative estimate of drug-likeness (QED) is 0.657. The van der Waals surface area contributed by atoms with Crippen molar-refractivity contribution in [2.75, 3.05) is 6.61 Å². The minimum absolute atomic E-state index is 0.0119. The number of hydrogen-bond donors (Lipinski definition) is 2. The molecule has 2 aromatic rings. The van der Waals surface area contributed by atoms with Crippen molar-refractivity contribution in [3.63, 3.8) is 0 Å². The van der Waals surface area contributed by atoms with E-state index >= 15 is 0 Å². The lowest BCUT2D eigenvalue weighted by Crippen LogP contribution is -1.99. The molecule has 0 fully saturated rings. The van der Waals surface area contributed by atoms with Gasteiger partial charge in [-0.2, -0.15) is 14.9 Å². The lowest BCUT2D eigenvalue weighted by molar-refractivity contribution is 0.136. The third-order valence-electron chi connectivity index (χ3n) is 2.48. The number of H-pyrrole nitrogens is 1. The van der Waals surface area contributed by atoms with Crippen LogP contribution in [0.2, 0.25) is 0 Å². The smallest absolute Gasteiger partial charge is 0.299 e. The van der Waals surface area contributed by atoms with E-state index in [0.717, 1.165) is 4.68 Å². The summed E-state index contributed by atoms with van der Waals surface area (Å²) < 4.78 is 31.4. The molecule has 1 aromatic carbocycles. The molecule has 9 heteroatoms. The Kier molecular flexibility index (Phi) is 4.63. The van der Waals surface area contributed by atoms with Crippen LogP contribution in [0.15, 0.2) is 23.3 Å². The second-order valence-corrected chi connectivity index (χ2v) is 4.29. The molecule has 0 aliphatic heterocycles. The average Bonchev–Trinajstić information content (AvgIpc) is 2.81. The van der Waals surface area contributed by atoms with Gasteiger partial charge in [-0.3, -0.25) is 0 Å². The summed E-state index contributed by atoms with van der Waals surface area (Å²) in [5, 5.41) is 19.1. The van der Waals surface area contributed by atoms with Gasteiger partial charge in [0.1, 0.15) is 0 Å². The van der Waals surface area contributed by atoms with Crippen LogP contribution < -0.4 is 4.74 Å². The monoisotopic (exact) mass is 314 g/mol. The zero-order chi connectivity index (χ0) is 15.4. The number of halogens is 2. The van der Waals surface area contributed by atoms with Crippen LogP contribution in [0.3, 0.4) is 0 Å². The van der Waals surface area contributed by atoms with Crippen LogP contribution in [0.1, 0.15) is 24.7 Å². The number of benzene rings is 1. The van der Waals surface area contributed by atoms with Crippen molar-refractivity contribution in [2.24, 2.45) is 5.10 Å². The summed E-state index contributed by atoms with van der Waals surface area (Å²) in [4.78, 5) is 0. The first kappa shape index (κ1) is 15.1. The van der Waals surface area contributed by atoms with Crippen molar-refractivity contribution in [3.8, 4) is 11.5 Å². The first-order valence-corrected chi connectivity index (χ1v) is 6.39. The molecule has 0 spiro atoms. The Morgan fingerprint density at radius 1 is 1.57 bits per heavy atom. The molecule has 2 rings (SSSR count). The molecule has 21 heavy (non-hydrogen) atoms. The van der Waals surface area contributed by atoms with Gasteiger partial charge in [0, 0.05) is 0 Å². The molecule has 0 unspecified atom stereocenters. The van der Waals surface area contributed by atoms with Gasteiger partial charge in [0.2, 0.25) is 10.6 Å². The normalized spacial score (nSPS) is 11.4. The van der Waals surface area contributed by atoms with Gasteiger partial charge in [-0.1, -0.05) is 0 Å². The summed E-state index contributed by atoms with van der Waals surface area (Å²) in [7, 11) is 0. The first-order chi connectivity index (χ1) is 10.0. The Hall–Kier alpha value is -2.29. The van der Waals surface area contributed by atoms with E-state index < -0.39 is 12.2 Å². The van der Waals surface area contributed by atoms with Crippen LogP contribution in [0.5, 0.6) is 11.5 Å². The summed E-state index contributed by atoms with van der Waals surface area (Å²) in [6.07, 6.45) is -1.48. The lowest BCUT2D eigenvalue weighted by Gasteiger charge is -2.06. The number of nitrogens with zero attached hydrogens (tertiary/aromatic N) is 3. The van der Waals surface area contributed by atoms with Crippen molar-refractivity contribution in [3.05, 3.63) is 34.4 Å². The van der Waals surface area contributed by atoms with Crippen LogP contribution in [-0.4, -0.2) is 32.8 Å². The topological polar surface area (TPSA) is 75.4 Å². The third kappa shape index (κ3) is 3.43. The van der Waals surface area contributed by atoms with E-state index in [-0.39, 0.29) is 16.3 Å². The van der Waals surface area contributed by atoms with E-state index in [1.807, 2.05) is 0 Å². The number of aromatic amines is 1. The van der Waals surface area contributed by atoms with Gasteiger partial charge in [-0.25, -0.2) is 13.9 Å². The molecule has 0 aliphatic rings. The predicted molar refractivity (Wildman–Crippen MR) is 74.6 cm³/mol. The van der Waals surface area contributed by atoms with Crippen molar-refractivity contribution in [1.29, 1.82) is 0 Å². The number of nitrogens with one attached hydrogen (secondary N) is 1. The van der Waals surface area contributed by atoms with Gasteiger partial charge in [0.15, 0.2) is 11.5 Å². The molecular weight excluding hydrogens is 302 g/mol. The van der Waals surface area contributed by atoms with E-state index in [9.17, 15) is 13.9 Å². The van der Waals surface area contributed by atoms with Crippen LogP contribution in [-0.2, 0) is 0 Å². The van der Waals surface area contributed by atoms with Gasteiger partial charge in [0.05, 0.1) is 12.8 Å². The van der Waals surface area contributed by atoms with Crippen molar-refractivity contribution < 1.29 is 18.6 Å². The zero-order valence-corrected chi connectivity index (χ0v) is 11.8. The number of aromatic nitrogens is 3. The maximum absolute atomic E-state index is 12.7. The molecule has 1 heterocycles. The summed E-state index contributed by atoms with van der Waals surface area (Å²) in [5.41, 5.74) is 0.555. The highest BCUT2D eigenvalue weighted by Crippen LogP contribution is 2.26.